The minimum atomic E-state index is -0.208. The number of carbonyl (C=O) groups is 1. The third-order valence-electron chi connectivity index (χ3n) is 1.08. The highest BCUT2D eigenvalue weighted by Crippen LogP contribution is 2.08. The van der Waals surface area contributed by atoms with Crippen molar-refractivity contribution in [2.24, 2.45) is 0 Å². The van der Waals surface area contributed by atoms with Crippen molar-refractivity contribution in [2.45, 2.75) is 13.8 Å². The molecule has 0 aromatic heterocycles. The van der Waals surface area contributed by atoms with E-state index in [-0.39, 0.29) is 17.1 Å². The molecule has 11 heavy (non-hydrogen) atoms. The van der Waals surface area contributed by atoms with E-state index in [9.17, 15) is 4.79 Å². The zero-order valence-electron chi connectivity index (χ0n) is 6.85. The van der Waals surface area contributed by atoms with E-state index in [0.717, 1.165) is 0 Å². The van der Waals surface area contributed by atoms with Gasteiger partial charge in [0.2, 0.25) is 0 Å². The lowest BCUT2D eigenvalue weighted by atomic mass is 10.1. The molecular formula is C9H12O2. The summed E-state index contributed by atoms with van der Waals surface area (Å²) in [6.07, 6.45) is 1.50. The largest absolute Gasteiger partial charge is 0.508 e. The zero-order valence-corrected chi connectivity index (χ0v) is 6.85. The van der Waals surface area contributed by atoms with Crippen LogP contribution in [0.5, 0.6) is 0 Å². The first kappa shape index (κ1) is 9.69. The molecule has 0 aromatic rings. The van der Waals surface area contributed by atoms with Crippen molar-refractivity contribution in [1.82, 2.24) is 0 Å². The SMILES string of the molecule is C=C(C)/C=C(\C(=C)O)C(C)=O. The number of allylic oxidation sites excluding steroid dienone is 3. The highest BCUT2D eigenvalue weighted by Gasteiger charge is 2.05. The summed E-state index contributed by atoms with van der Waals surface area (Å²) in [5, 5.41) is 8.91. The predicted molar refractivity (Wildman–Crippen MR) is 45.3 cm³/mol. The first-order chi connectivity index (χ1) is 4.95. The van der Waals surface area contributed by atoms with Crippen LogP contribution < -0.4 is 0 Å². The molecule has 0 spiro atoms. The van der Waals surface area contributed by atoms with Gasteiger partial charge in [-0.25, -0.2) is 0 Å². The minimum Gasteiger partial charge on any atom is -0.508 e. The van der Waals surface area contributed by atoms with Crippen molar-refractivity contribution >= 4 is 5.78 Å². The summed E-state index contributed by atoms with van der Waals surface area (Å²) in [6, 6.07) is 0. The van der Waals surface area contributed by atoms with Gasteiger partial charge in [-0.2, -0.15) is 0 Å². The molecule has 0 saturated carbocycles. The summed E-state index contributed by atoms with van der Waals surface area (Å²) >= 11 is 0. The smallest absolute Gasteiger partial charge is 0.163 e. The van der Waals surface area contributed by atoms with Gasteiger partial charge >= 0.3 is 0 Å². The molecule has 60 valence electrons. The number of carbonyl (C=O) groups excluding carboxylic acids is 1. The number of aliphatic hydroxyl groups excluding tert-OH is 1. The molecule has 0 atom stereocenters. The lowest BCUT2D eigenvalue weighted by Crippen LogP contribution is -1.98. The summed E-state index contributed by atoms with van der Waals surface area (Å²) in [4.78, 5) is 10.8. The average Bonchev–Trinajstić information content (AvgIpc) is 1.81. The van der Waals surface area contributed by atoms with Crippen LogP contribution in [0.3, 0.4) is 0 Å². The molecule has 2 heteroatoms. The van der Waals surface area contributed by atoms with Crippen LogP contribution in [-0.2, 0) is 4.79 Å². The standard InChI is InChI=1S/C9H12O2/c1-6(2)5-9(7(3)10)8(4)11/h5,10H,1,3H2,2,4H3/b9-5+. The fraction of sp³-hybridized carbons (Fsp3) is 0.222. The summed E-state index contributed by atoms with van der Waals surface area (Å²) in [7, 11) is 0. The van der Waals surface area contributed by atoms with Gasteiger partial charge in [-0.1, -0.05) is 18.7 Å². The van der Waals surface area contributed by atoms with Crippen LogP contribution in [0.2, 0.25) is 0 Å². The molecule has 0 amide bonds. The average molecular weight is 152 g/mol. The maximum Gasteiger partial charge on any atom is 0.163 e. The normalized spacial score (nSPS) is 10.9. The number of hydrogen-bond donors (Lipinski definition) is 1. The van der Waals surface area contributed by atoms with E-state index in [0.29, 0.717) is 5.57 Å². The van der Waals surface area contributed by atoms with Crippen molar-refractivity contribution in [3.05, 3.63) is 36.1 Å². The summed E-state index contributed by atoms with van der Waals surface area (Å²) in [5.74, 6) is -0.416. The third-order valence-corrected chi connectivity index (χ3v) is 1.08. The van der Waals surface area contributed by atoms with E-state index in [1.165, 1.54) is 13.0 Å². The fourth-order valence-electron chi connectivity index (χ4n) is 0.635. The Labute approximate surface area is 66.5 Å². The van der Waals surface area contributed by atoms with Gasteiger partial charge in [0.05, 0.1) is 5.57 Å². The fourth-order valence-corrected chi connectivity index (χ4v) is 0.635. The van der Waals surface area contributed by atoms with E-state index in [2.05, 4.69) is 13.2 Å². The monoisotopic (exact) mass is 152 g/mol. The van der Waals surface area contributed by atoms with Crippen LogP contribution in [0, 0.1) is 0 Å². The molecule has 0 bridgehead atoms. The lowest BCUT2D eigenvalue weighted by molar-refractivity contribution is -0.113. The number of aliphatic hydroxyl groups is 1. The van der Waals surface area contributed by atoms with E-state index < -0.39 is 0 Å². The van der Waals surface area contributed by atoms with Gasteiger partial charge < -0.3 is 5.11 Å². The molecule has 0 aliphatic heterocycles. The first-order valence-corrected chi connectivity index (χ1v) is 3.21. The molecule has 2 nitrogen and oxygen atoms in total. The minimum absolute atomic E-state index is 0.208. The first-order valence-electron chi connectivity index (χ1n) is 3.21. The number of Topliss-reactive ketones (excluding diaryl/α,β-unsaturated/α-hetero) is 1. The van der Waals surface area contributed by atoms with Gasteiger partial charge in [-0.05, 0) is 19.9 Å². The topological polar surface area (TPSA) is 37.3 Å². The van der Waals surface area contributed by atoms with Gasteiger partial charge in [-0.15, -0.1) is 0 Å². The molecule has 0 heterocycles. The molecule has 0 radical (unpaired) electrons. The van der Waals surface area contributed by atoms with Crippen LogP contribution in [0.4, 0.5) is 0 Å². The van der Waals surface area contributed by atoms with Crippen LogP contribution >= 0.6 is 0 Å². The van der Waals surface area contributed by atoms with E-state index in [4.69, 9.17) is 5.11 Å². The number of ketones is 1. The molecule has 0 rings (SSSR count). The Bertz CT molecular complexity index is 218. The second kappa shape index (κ2) is 3.76. The quantitative estimate of drug-likeness (QED) is 0.382. The second-order valence-corrected chi connectivity index (χ2v) is 2.41. The van der Waals surface area contributed by atoms with Crippen molar-refractivity contribution in [3.8, 4) is 0 Å². The molecule has 0 unspecified atom stereocenters. The molecule has 0 fully saturated rings. The Hall–Kier alpha value is -1.31. The van der Waals surface area contributed by atoms with Crippen LogP contribution in [0.15, 0.2) is 36.1 Å². The van der Waals surface area contributed by atoms with Crippen molar-refractivity contribution < 1.29 is 9.90 Å². The van der Waals surface area contributed by atoms with Gasteiger partial charge in [0.1, 0.15) is 5.76 Å². The Kier molecular flexibility index (Phi) is 3.31. The Morgan fingerprint density at radius 2 is 1.82 bits per heavy atom. The van der Waals surface area contributed by atoms with Crippen LogP contribution in [-0.4, -0.2) is 10.9 Å². The van der Waals surface area contributed by atoms with Crippen molar-refractivity contribution in [2.75, 3.05) is 0 Å². The summed E-state index contributed by atoms with van der Waals surface area (Å²) in [5.41, 5.74) is 0.933. The van der Waals surface area contributed by atoms with Gasteiger partial charge in [-0.3, -0.25) is 4.79 Å². The zero-order chi connectivity index (χ0) is 9.02. The van der Waals surface area contributed by atoms with Gasteiger partial charge in [0, 0.05) is 0 Å². The third kappa shape index (κ3) is 3.40. The summed E-state index contributed by atoms with van der Waals surface area (Å²) < 4.78 is 0. The molecule has 0 aromatic carbocycles. The molecule has 1 N–H and O–H groups in total. The summed E-state index contributed by atoms with van der Waals surface area (Å²) in [6.45, 7) is 9.95. The predicted octanol–water partition coefficient (Wildman–Crippen LogP) is 2.15. The highest BCUT2D eigenvalue weighted by molar-refractivity contribution is 5.97. The maximum absolute atomic E-state index is 10.8. The van der Waals surface area contributed by atoms with Gasteiger partial charge in [0.25, 0.3) is 0 Å². The molecular weight excluding hydrogens is 140 g/mol. The van der Waals surface area contributed by atoms with Gasteiger partial charge in [0.15, 0.2) is 5.78 Å². The Morgan fingerprint density at radius 1 is 1.36 bits per heavy atom. The van der Waals surface area contributed by atoms with E-state index >= 15 is 0 Å². The molecule has 0 saturated heterocycles. The van der Waals surface area contributed by atoms with E-state index in [1.54, 1.807) is 6.92 Å². The lowest BCUT2D eigenvalue weighted by Gasteiger charge is -1.99. The van der Waals surface area contributed by atoms with E-state index in [1.807, 2.05) is 0 Å². The van der Waals surface area contributed by atoms with Crippen LogP contribution in [0.25, 0.3) is 0 Å². The van der Waals surface area contributed by atoms with Crippen LogP contribution in [0.1, 0.15) is 13.8 Å². The number of rotatable bonds is 3. The second-order valence-electron chi connectivity index (χ2n) is 2.41. The maximum atomic E-state index is 10.8. The number of hydrogen-bond acceptors (Lipinski definition) is 2. The Balaban J connectivity index is 4.75. The van der Waals surface area contributed by atoms with Crippen molar-refractivity contribution in [3.63, 3.8) is 0 Å². The molecule has 0 aliphatic rings. The molecule has 0 aliphatic carbocycles. The highest BCUT2D eigenvalue weighted by atomic mass is 16.3. The van der Waals surface area contributed by atoms with Crippen molar-refractivity contribution in [1.29, 1.82) is 0 Å². The Morgan fingerprint density at radius 3 is 1.91 bits per heavy atom.